The van der Waals surface area contributed by atoms with Crippen molar-refractivity contribution in [3.63, 3.8) is 0 Å². The number of piperazine rings is 1. The molecule has 2 aromatic rings. The quantitative estimate of drug-likeness (QED) is 0.534. The van der Waals surface area contributed by atoms with Crippen molar-refractivity contribution in [3.05, 3.63) is 36.0 Å². The first-order chi connectivity index (χ1) is 14.5. The summed E-state index contributed by atoms with van der Waals surface area (Å²) in [6, 6.07) is 9.67. The summed E-state index contributed by atoms with van der Waals surface area (Å²) in [4.78, 5) is 4.78. The van der Waals surface area contributed by atoms with Gasteiger partial charge in [0.05, 0.1) is 11.4 Å². The molecule has 1 saturated heterocycles. The number of halogens is 3. The van der Waals surface area contributed by atoms with E-state index in [0.29, 0.717) is 12.5 Å². The minimum absolute atomic E-state index is 0.0690. The van der Waals surface area contributed by atoms with Crippen LogP contribution in [0.25, 0.3) is 5.69 Å². The molecule has 0 amide bonds. The van der Waals surface area contributed by atoms with Gasteiger partial charge in [-0.2, -0.15) is 5.10 Å². The number of likely N-dealkylation sites (N-methyl/N-ethyl adjacent to an activating group) is 1. The molecule has 3 rings (SSSR count). The highest BCUT2D eigenvalue weighted by Crippen LogP contribution is 2.31. The van der Waals surface area contributed by atoms with Crippen molar-refractivity contribution in [2.75, 3.05) is 53.0 Å². The largest absolute Gasteiger partial charge is 0.492 e. The van der Waals surface area contributed by atoms with Gasteiger partial charge in [-0.05, 0) is 31.3 Å². The van der Waals surface area contributed by atoms with Crippen LogP contribution in [0.5, 0.6) is 11.6 Å². The molecule has 172 valence electrons. The van der Waals surface area contributed by atoms with E-state index in [1.807, 2.05) is 30.3 Å². The second-order valence-corrected chi connectivity index (χ2v) is 11.4. The van der Waals surface area contributed by atoms with E-state index in [2.05, 4.69) is 37.6 Å². The summed E-state index contributed by atoms with van der Waals surface area (Å²) < 4.78 is 11.9. The Hall–Kier alpha value is -1.18. The molecule has 0 spiro atoms. The van der Waals surface area contributed by atoms with Crippen LogP contribution in [0.1, 0.15) is 26.5 Å². The minimum atomic E-state index is -1.50. The number of benzene rings is 1. The zero-order valence-electron chi connectivity index (χ0n) is 18.6. The van der Waals surface area contributed by atoms with Crippen LogP contribution in [0.15, 0.2) is 30.3 Å². The zero-order valence-corrected chi connectivity index (χ0v) is 20.8. The molecule has 0 N–H and O–H groups in total. The second-order valence-electron chi connectivity index (χ2n) is 8.92. The number of alkyl halides is 3. The Morgan fingerprint density at radius 1 is 0.968 bits per heavy atom. The second kappa shape index (κ2) is 10.2. The Bertz CT molecular complexity index is 836. The topological polar surface area (TPSA) is 42.8 Å². The summed E-state index contributed by atoms with van der Waals surface area (Å²) in [5, 5.41) is 4.72. The summed E-state index contributed by atoms with van der Waals surface area (Å²) >= 11 is 17.6. The van der Waals surface area contributed by atoms with E-state index >= 15 is 0 Å². The van der Waals surface area contributed by atoms with Crippen molar-refractivity contribution in [2.45, 2.75) is 30.0 Å². The van der Waals surface area contributed by atoms with Crippen LogP contribution in [0, 0.1) is 0 Å². The van der Waals surface area contributed by atoms with Crippen molar-refractivity contribution >= 4 is 34.8 Å². The summed E-state index contributed by atoms with van der Waals surface area (Å²) in [6.07, 6.45) is 0. The lowest BCUT2D eigenvalue weighted by molar-refractivity contribution is 0.134. The molecule has 6 nitrogen and oxygen atoms in total. The van der Waals surface area contributed by atoms with Crippen molar-refractivity contribution in [3.8, 4) is 17.3 Å². The highest BCUT2D eigenvalue weighted by Gasteiger charge is 2.25. The smallest absolute Gasteiger partial charge is 0.224 e. The molecule has 1 aromatic heterocycles. The van der Waals surface area contributed by atoms with Crippen molar-refractivity contribution in [1.29, 1.82) is 0 Å². The number of hydrogen-bond acceptors (Lipinski definition) is 5. The first kappa shape index (κ1) is 24.5. The summed E-state index contributed by atoms with van der Waals surface area (Å²) in [5.74, 6) is 1.35. The average Bonchev–Trinajstić information content (AvgIpc) is 3.13. The third-order valence-corrected chi connectivity index (χ3v) is 5.51. The van der Waals surface area contributed by atoms with Gasteiger partial charge in [-0.1, -0.05) is 55.6 Å². The van der Waals surface area contributed by atoms with Crippen molar-refractivity contribution in [1.82, 2.24) is 19.6 Å². The third kappa shape index (κ3) is 7.43. The van der Waals surface area contributed by atoms with Gasteiger partial charge in [0, 0.05) is 44.2 Å². The van der Waals surface area contributed by atoms with E-state index in [1.165, 1.54) is 0 Å². The molecule has 1 aromatic carbocycles. The summed E-state index contributed by atoms with van der Waals surface area (Å²) in [5.41, 5.74) is 1.59. The number of aromatic nitrogens is 2. The van der Waals surface area contributed by atoms with Crippen LogP contribution in [-0.2, 0) is 5.41 Å². The number of rotatable bonds is 7. The highest BCUT2D eigenvalue weighted by molar-refractivity contribution is 6.67. The molecule has 9 heteroatoms. The maximum atomic E-state index is 5.94. The van der Waals surface area contributed by atoms with Gasteiger partial charge in [-0.15, -0.1) is 0 Å². The van der Waals surface area contributed by atoms with Crippen LogP contribution in [-0.4, -0.2) is 76.4 Å². The number of hydrogen-bond donors (Lipinski definition) is 0. The van der Waals surface area contributed by atoms with Crippen LogP contribution in [0.2, 0.25) is 0 Å². The molecule has 0 radical (unpaired) electrons. The van der Waals surface area contributed by atoms with Gasteiger partial charge in [0.2, 0.25) is 9.67 Å². The summed E-state index contributed by atoms with van der Waals surface area (Å²) in [6.45, 7) is 12.2. The van der Waals surface area contributed by atoms with Gasteiger partial charge in [0.1, 0.15) is 19.0 Å². The molecule has 1 aliphatic heterocycles. The molecule has 1 aliphatic rings. The van der Waals surface area contributed by atoms with Crippen LogP contribution in [0.3, 0.4) is 0 Å². The van der Waals surface area contributed by atoms with E-state index in [0.717, 1.165) is 49.9 Å². The number of ether oxygens (including phenoxy) is 2. The zero-order chi connectivity index (χ0) is 22.6. The lowest BCUT2D eigenvalue weighted by atomic mass is 9.93. The Morgan fingerprint density at radius 3 is 2.19 bits per heavy atom. The maximum absolute atomic E-state index is 5.94. The van der Waals surface area contributed by atoms with E-state index in [1.54, 1.807) is 4.68 Å². The van der Waals surface area contributed by atoms with Crippen molar-refractivity contribution < 1.29 is 9.47 Å². The van der Waals surface area contributed by atoms with E-state index in [-0.39, 0.29) is 12.0 Å². The molecule has 0 atom stereocenters. The predicted octanol–water partition coefficient (Wildman–Crippen LogP) is 4.55. The lowest BCUT2D eigenvalue weighted by Gasteiger charge is -2.32. The third-order valence-electron chi connectivity index (χ3n) is 5.18. The Kier molecular flexibility index (Phi) is 8.03. The number of nitrogens with zero attached hydrogens (tertiary/aromatic N) is 4. The van der Waals surface area contributed by atoms with Crippen LogP contribution in [0.4, 0.5) is 0 Å². The van der Waals surface area contributed by atoms with Gasteiger partial charge in [0.25, 0.3) is 0 Å². The molecular formula is C22H31Cl3N4O2. The Morgan fingerprint density at radius 2 is 1.61 bits per heavy atom. The highest BCUT2D eigenvalue weighted by atomic mass is 35.6. The average molecular weight is 490 g/mol. The van der Waals surface area contributed by atoms with Gasteiger partial charge in [-0.3, -0.25) is 4.90 Å². The van der Waals surface area contributed by atoms with E-state index in [4.69, 9.17) is 49.4 Å². The van der Waals surface area contributed by atoms with Gasteiger partial charge in [0.15, 0.2) is 0 Å². The molecule has 31 heavy (non-hydrogen) atoms. The molecule has 1 fully saturated rings. The van der Waals surface area contributed by atoms with Gasteiger partial charge in [-0.25, -0.2) is 4.68 Å². The Balaban J connectivity index is 1.65. The lowest BCUT2D eigenvalue weighted by Crippen LogP contribution is -2.45. The van der Waals surface area contributed by atoms with Gasteiger partial charge >= 0.3 is 0 Å². The van der Waals surface area contributed by atoms with Crippen molar-refractivity contribution in [2.24, 2.45) is 0 Å². The fraction of sp³-hybridized carbons (Fsp3) is 0.591. The molecule has 2 heterocycles. The first-order valence-electron chi connectivity index (χ1n) is 10.5. The molecule has 0 saturated carbocycles. The normalized spacial score (nSPS) is 16.5. The molecule has 0 bridgehead atoms. The van der Waals surface area contributed by atoms with Crippen LogP contribution < -0.4 is 9.47 Å². The predicted molar refractivity (Wildman–Crippen MR) is 127 cm³/mol. The SMILES string of the molecule is CN1CCN(CCOc2ccc(-n3nc(C(C)(C)C)cc3OCC(Cl)(Cl)Cl)cc2)CC1. The van der Waals surface area contributed by atoms with E-state index in [9.17, 15) is 0 Å². The Labute approximate surface area is 199 Å². The fourth-order valence-electron chi connectivity index (χ4n) is 3.22. The summed E-state index contributed by atoms with van der Waals surface area (Å²) in [7, 11) is 2.16. The fourth-order valence-corrected chi connectivity index (χ4v) is 3.39. The standard InChI is InChI=1S/C22H31Cl3N4O2/c1-21(2,3)19-15-20(31-16-22(23,24)25)29(26-19)17-5-7-18(8-6-17)30-14-13-28-11-9-27(4)10-12-28/h5-8,15H,9-14,16H2,1-4H3. The van der Waals surface area contributed by atoms with Gasteiger partial charge < -0.3 is 14.4 Å². The molecule has 0 aliphatic carbocycles. The molecular weight excluding hydrogens is 459 g/mol. The first-order valence-corrected chi connectivity index (χ1v) is 11.6. The maximum Gasteiger partial charge on any atom is 0.224 e. The molecule has 0 unspecified atom stereocenters. The monoisotopic (exact) mass is 488 g/mol. The minimum Gasteiger partial charge on any atom is -0.492 e. The van der Waals surface area contributed by atoms with E-state index < -0.39 is 3.79 Å². The van der Waals surface area contributed by atoms with Crippen LogP contribution >= 0.6 is 34.8 Å².